The van der Waals surface area contributed by atoms with Gasteiger partial charge in [0.2, 0.25) is 0 Å². The first kappa shape index (κ1) is 14.3. The Morgan fingerprint density at radius 1 is 1.24 bits per heavy atom. The van der Waals surface area contributed by atoms with Crippen LogP contribution in [0.2, 0.25) is 0 Å². The maximum absolute atomic E-state index is 5.67. The fourth-order valence-electron chi connectivity index (χ4n) is 2.22. The third kappa shape index (κ3) is 3.02. The monoisotopic (exact) mass is 304 g/mol. The number of nitrogens with zero attached hydrogens (tertiary/aromatic N) is 1. The van der Waals surface area contributed by atoms with E-state index in [-0.39, 0.29) is 4.75 Å². The first-order valence-corrected chi connectivity index (χ1v) is 8.29. The molecule has 0 radical (unpaired) electrons. The minimum atomic E-state index is 0.164. The number of pyridine rings is 1. The molecule has 0 saturated heterocycles. The van der Waals surface area contributed by atoms with Gasteiger partial charge in [0.05, 0.1) is 0 Å². The van der Waals surface area contributed by atoms with E-state index >= 15 is 0 Å². The zero-order valence-corrected chi connectivity index (χ0v) is 13.4. The summed E-state index contributed by atoms with van der Waals surface area (Å²) in [6.07, 6.45) is 3.95. The highest BCUT2D eigenvalue weighted by Crippen LogP contribution is 2.36. The van der Waals surface area contributed by atoms with Gasteiger partial charge in [0, 0.05) is 22.9 Å². The SMILES string of the molecule is CSC(C)(C)CNc1nccc2cc3c(cc12)OCCO3. The number of rotatable bonds is 4. The van der Waals surface area contributed by atoms with Crippen LogP contribution in [0, 0.1) is 0 Å². The Balaban J connectivity index is 1.95. The number of anilines is 1. The van der Waals surface area contributed by atoms with E-state index in [1.165, 1.54) is 0 Å². The molecule has 1 aliphatic heterocycles. The van der Waals surface area contributed by atoms with Crippen molar-refractivity contribution in [2.75, 3.05) is 31.3 Å². The smallest absolute Gasteiger partial charge is 0.162 e. The summed E-state index contributed by atoms with van der Waals surface area (Å²) in [6, 6.07) is 6.04. The molecule has 2 heterocycles. The highest BCUT2D eigenvalue weighted by molar-refractivity contribution is 7.99. The molecule has 21 heavy (non-hydrogen) atoms. The van der Waals surface area contributed by atoms with Crippen molar-refractivity contribution in [3.63, 3.8) is 0 Å². The first-order valence-electron chi connectivity index (χ1n) is 7.06. The van der Waals surface area contributed by atoms with Gasteiger partial charge in [0.25, 0.3) is 0 Å². The van der Waals surface area contributed by atoms with Gasteiger partial charge in [-0.3, -0.25) is 0 Å². The van der Waals surface area contributed by atoms with E-state index in [0.29, 0.717) is 13.2 Å². The van der Waals surface area contributed by atoms with E-state index in [0.717, 1.165) is 34.6 Å². The maximum Gasteiger partial charge on any atom is 0.162 e. The minimum Gasteiger partial charge on any atom is -0.486 e. The third-order valence-corrected chi connectivity index (χ3v) is 4.91. The molecule has 1 aromatic heterocycles. The van der Waals surface area contributed by atoms with Crippen molar-refractivity contribution < 1.29 is 9.47 Å². The summed E-state index contributed by atoms with van der Waals surface area (Å²) >= 11 is 1.84. The quantitative estimate of drug-likeness (QED) is 0.935. The lowest BCUT2D eigenvalue weighted by Gasteiger charge is -2.23. The van der Waals surface area contributed by atoms with Crippen molar-refractivity contribution in [1.82, 2.24) is 4.98 Å². The van der Waals surface area contributed by atoms with Crippen LogP contribution in [0.1, 0.15) is 13.8 Å². The maximum atomic E-state index is 5.67. The second-order valence-corrected chi connectivity index (χ2v) is 7.21. The van der Waals surface area contributed by atoms with Crippen LogP contribution in [0.15, 0.2) is 24.4 Å². The highest BCUT2D eigenvalue weighted by atomic mass is 32.2. The van der Waals surface area contributed by atoms with Crippen LogP contribution in [-0.2, 0) is 0 Å². The zero-order chi connectivity index (χ0) is 14.9. The van der Waals surface area contributed by atoms with Gasteiger partial charge in [0.1, 0.15) is 19.0 Å². The van der Waals surface area contributed by atoms with Crippen LogP contribution in [-0.4, -0.2) is 35.7 Å². The van der Waals surface area contributed by atoms with Gasteiger partial charge >= 0.3 is 0 Å². The number of hydrogen-bond acceptors (Lipinski definition) is 5. The highest BCUT2D eigenvalue weighted by Gasteiger charge is 2.18. The fourth-order valence-corrected chi connectivity index (χ4v) is 2.44. The van der Waals surface area contributed by atoms with Crippen LogP contribution < -0.4 is 14.8 Å². The molecular formula is C16H20N2O2S. The van der Waals surface area contributed by atoms with Gasteiger partial charge in [-0.2, -0.15) is 11.8 Å². The lowest BCUT2D eigenvalue weighted by Crippen LogP contribution is -2.26. The zero-order valence-electron chi connectivity index (χ0n) is 12.6. The summed E-state index contributed by atoms with van der Waals surface area (Å²) in [5.74, 6) is 2.51. The van der Waals surface area contributed by atoms with Crippen molar-refractivity contribution >= 4 is 28.4 Å². The number of hydrogen-bond donors (Lipinski definition) is 1. The molecule has 0 saturated carbocycles. The summed E-state index contributed by atoms with van der Waals surface area (Å²) in [5.41, 5.74) is 0. The van der Waals surface area contributed by atoms with Crippen molar-refractivity contribution in [2.45, 2.75) is 18.6 Å². The predicted molar refractivity (Wildman–Crippen MR) is 88.8 cm³/mol. The topological polar surface area (TPSA) is 43.4 Å². The molecule has 1 aliphatic rings. The van der Waals surface area contributed by atoms with Crippen LogP contribution in [0.4, 0.5) is 5.82 Å². The molecule has 0 amide bonds. The lowest BCUT2D eigenvalue weighted by molar-refractivity contribution is 0.172. The summed E-state index contributed by atoms with van der Waals surface area (Å²) in [5, 5.41) is 5.64. The Morgan fingerprint density at radius 2 is 1.95 bits per heavy atom. The van der Waals surface area contributed by atoms with E-state index in [9.17, 15) is 0 Å². The number of fused-ring (bicyclic) bond motifs is 2. The van der Waals surface area contributed by atoms with E-state index in [1.807, 2.05) is 36.2 Å². The van der Waals surface area contributed by atoms with Crippen LogP contribution in [0.25, 0.3) is 10.8 Å². The number of aromatic nitrogens is 1. The van der Waals surface area contributed by atoms with Gasteiger partial charge in [-0.25, -0.2) is 4.98 Å². The fraction of sp³-hybridized carbons (Fsp3) is 0.438. The molecule has 0 aliphatic carbocycles. The normalized spacial score (nSPS) is 14.2. The van der Waals surface area contributed by atoms with Gasteiger partial charge in [-0.05, 0) is 43.7 Å². The van der Waals surface area contributed by atoms with Gasteiger partial charge in [-0.15, -0.1) is 0 Å². The van der Waals surface area contributed by atoms with Gasteiger partial charge in [0.15, 0.2) is 11.5 Å². The number of nitrogens with one attached hydrogen (secondary N) is 1. The molecule has 0 atom stereocenters. The first-order chi connectivity index (χ1) is 10.1. The molecule has 0 bridgehead atoms. The molecular weight excluding hydrogens is 284 g/mol. The van der Waals surface area contributed by atoms with Crippen molar-refractivity contribution in [1.29, 1.82) is 0 Å². The molecule has 5 heteroatoms. The second kappa shape index (κ2) is 5.64. The summed E-state index contributed by atoms with van der Waals surface area (Å²) in [7, 11) is 0. The molecule has 3 rings (SSSR count). The molecule has 0 fully saturated rings. The number of ether oxygens (including phenoxy) is 2. The van der Waals surface area contributed by atoms with Crippen LogP contribution in [0.3, 0.4) is 0 Å². The number of benzene rings is 1. The van der Waals surface area contributed by atoms with E-state index in [2.05, 4.69) is 30.4 Å². The molecule has 0 unspecified atom stereocenters. The van der Waals surface area contributed by atoms with Crippen LogP contribution in [0.5, 0.6) is 11.5 Å². The minimum absolute atomic E-state index is 0.164. The Morgan fingerprint density at radius 3 is 2.67 bits per heavy atom. The molecule has 112 valence electrons. The molecule has 4 nitrogen and oxygen atoms in total. The van der Waals surface area contributed by atoms with Gasteiger partial charge in [-0.1, -0.05) is 0 Å². The molecule has 2 aromatic rings. The third-order valence-electron chi connectivity index (χ3n) is 3.66. The summed E-state index contributed by atoms with van der Waals surface area (Å²) in [6.45, 7) is 6.50. The van der Waals surface area contributed by atoms with Crippen LogP contribution >= 0.6 is 11.8 Å². The Labute approximate surface area is 129 Å². The summed E-state index contributed by atoms with van der Waals surface area (Å²) in [4.78, 5) is 4.48. The van der Waals surface area contributed by atoms with E-state index < -0.39 is 0 Å². The largest absolute Gasteiger partial charge is 0.486 e. The van der Waals surface area contributed by atoms with Crippen molar-refractivity contribution in [3.8, 4) is 11.5 Å². The lowest BCUT2D eigenvalue weighted by atomic mass is 10.1. The Bertz CT molecular complexity index is 658. The Kier molecular flexibility index (Phi) is 3.85. The Hall–Kier alpha value is -1.62. The summed E-state index contributed by atoms with van der Waals surface area (Å²) < 4.78 is 11.5. The second-order valence-electron chi connectivity index (χ2n) is 5.69. The molecule has 1 N–H and O–H groups in total. The predicted octanol–water partition coefficient (Wildman–Crippen LogP) is 3.56. The van der Waals surface area contributed by atoms with E-state index in [1.54, 1.807) is 0 Å². The average molecular weight is 304 g/mol. The van der Waals surface area contributed by atoms with Crippen molar-refractivity contribution in [3.05, 3.63) is 24.4 Å². The standard InChI is InChI=1S/C16H20N2O2S/c1-16(2,21-3)10-18-15-12-9-14-13(19-6-7-20-14)8-11(12)4-5-17-15/h4-5,8-9H,6-7,10H2,1-3H3,(H,17,18). The molecule has 0 spiro atoms. The number of thioether (sulfide) groups is 1. The van der Waals surface area contributed by atoms with E-state index in [4.69, 9.17) is 9.47 Å². The van der Waals surface area contributed by atoms with Gasteiger partial charge < -0.3 is 14.8 Å². The molecule has 1 aromatic carbocycles. The van der Waals surface area contributed by atoms with Crippen molar-refractivity contribution in [2.24, 2.45) is 0 Å². The average Bonchev–Trinajstić information content (AvgIpc) is 2.51.